The summed E-state index contributed by atoms with van der Waals surface area (Å²) in [6.45, 7) is 11.9. The molecule has 33 heavy (non-hydrogen) atoms. The Kier molecular flexibility index (Phi) is 6.92. The lowest BCUT2D eigenvalue weighted by atomic mass is 10.0. The van der Waals surface area contributed by atoms with Crippen LogP contribution < -0.4 is 4.90 Å². The number of thiazole rings is 1. The molecule has 172 valence electrons. The van der Waals surface area contributed by atoms with E-state index in [4.69, 9.17) is 4.74 Å². The second kappa shape index (κ2) is 9.86. The van der Waals surface area contributed by atoms with Crippen molar-refractivity contribution in [2.24, 2.45) is 4.99 Å². The van der Waals surface area contributed by atoms with Gasteiger partial charge >= 0.3 is 0 Å². The van der Waals surface area contributed by atoms with Gasteiger partial charge in [0.1, 0.15) is 17.4 Å². The number of aliphatic hydroxyl groups excluding tert-OH is 1. The summed E-state index contributed by atoms with van der Waals surface area (Å²) < 4.78 is 20.1. The SMILES string of the molecule is C=N/C(F)=C(\C=C(/C)c1ncnc2cc(N3CCOCC3)ccc12)C(O)c1nc(C)c(C)s1. The van der Waals surface area contributed by atoms with E-state index in [0.29, 0.717) is 29.5 Å². The van der Waals surface area contributed by atoms with Crippen LogP contribution in [-0.2, 0) is 4.74 Å². The van der Waals surface area contributed by atoms with Crippen LogP contribution in [0.25, 0.3) is 16.5 Å². The third kappa shape index (κ3) is 4.85. The van der Waals surface area contributed by atoms with E-state index >= 15 is 0 Å². The van der Waals surface area contributed by atoms with Crippen LogP contribution in [0.3, 0.4) is 0 Å². The second-order valence-corrected chi connectivity index (χ2v) is 9.09. The normalized spacial score (nSPS) is 16.6. The highest BCUT2D eigenvalue weighted by Crippen LogP contribution is 2.34. The zero-order valence-electron chi connectivity index (χ0n) is 18.9. The Morgan fingerprint density at radius 1 is 1.30 bits per heavy atom. The number of halogens is 1. The van der Waals surface area contributed by atoms with Crippen molar-refractivity contribution in [1.82, 2.24) is 15.0 Å². The zero-order valence-corrected chi connectivity index (χ0v) is 19.7. The first-order chi connectivity index (χ1) is 15.9. The highest BCUT2D eigenvalue weighted by Gasteiger charge is 2.22. The predicted molar refractivity (Wildman–Crippen MR) is 130 cm³/mol. The van der Waals surface area contributed by atoms with Crippen molar-refractivity contribution in [2.75, 3.05) is 31.2 Å². The van der Waals surface area contributed by atoms with Crippen molar-refractivity contribution in [3.05, 3.63) is 63.4 Å². The third-order valence-electron chi connectivity index (χ3n) is 5.69. The minimum atomic E-state index is -1.26. The van der Waals surface area contributed by atoms with Crippen LogP contribution >= 0.6 is 11.3 Å². The van der Waals surface area contributed by atoms with Crippen LogP contribution in [0.1, 0.15) is 34.3 Å². The molecular weight excluding hydrogens is 441 g/mol. The molecule has 3 aromatic rings. The van der Waals surface area contributed by atoms with Crippen molar-refractivity contribution in [1.29, 1.82) is 0 Å². The molecule has 1 N–H and O–H groups in total. The van der Waals surface area contributed by atoms with Gasteiger partial charge in [-0.05, 0) is 57.3 Å². The number of aryl methyl sites for hydroxylation is 2. The Balaban J connectivity index is 1.72. The topological polar surface area (TPSA) is 83.7 Å². The number of nitrogens with zero attached hydrogens (tertiary/aromatic N) is 5. The monoisotopic (exact) mass is 467 g/mol. The van der Waals surface area contributed by atoms with Gasteiger partial charge in [0.2, 0.25) is 5.95 Å². The maximum atomic E-state index is 14.7. The number of aliphatic imine (C=N–C) groups is 1. The number of hydrogen-bond acceptors (Lipinski definition) is 8. The van der Waals surface area contributed by atoms with E-state index in [9.17, 15) is 9.50 Å². The number of anilines is 1. The zero-order chi connectivity index (χ0) is 23.5. The van der Waals surface area contributed by atoms with Gasteiger partial charge in [0.05, 0.1) is 30.1 Å². The fourth-order valence-electron chi connectivity index (χ4n) is 3.77. The Bertz CT molecular complexity index is 1230. The Labute approximate surface area is 196 Å². The molecule has 0 bridgehead atoms. The summed E-state index contributed by atoms with van der Waals surface area (Å²) in [6, 6.07) is 6.03. The number of aliphatic hydroxyl groups is 1. The number of ether oxygens (including phenoxy) is 1. The van der Waals surface area contributed by atoms with Gasteiger partial charge in [0, 0.05) is 34.6 Å². The van der Waals surface area contributed by atoms with Gasteiger partial charge in [-0.3, -0.25) is 0 Å². The van der Waals surface area contributed by atoms with E-state index in [1.165, 1.54) is 17.7 Å². The second-order valence-electron chi connectivity index (χ2n) is 7.85. The molecule has 4 rings (SSSR count). The van der Waals surface area contributed by atoms with Crippen LogP contribution in [-0.4, -0.2) is 53.1 Å². The van der Waals surface area contributed by atoms with Crippen molar-refractivity contribution in [2.45, 2.75) is 26.9 Å². The largest absolute Gasteiger partial charge is 0.381 e. The molecule has 1 aromatic carbocycles. The van der Waals surface area contributed by atoms with Crippen LogP contribution in [0.2, 0.25) is 0 Å². The van der Waals surface area contributed by atoms with Gasteiger partial charge in [-0.2, -0.15) is 4.39 Å². The molecule has 0 amide bonds. The predicted octanol–water partition coefficient (Wildman–Crippen LogP) is 4.56. The summed E-state index contributed by atoms with van der Waals surface area (Å²) >= 11 is 1.33. The smallest absolute Gasteiger partial charge is 0.218 e. The molecule has 1 aliphatic rings. The summed E-state index contributed by atoms with van der Waals surface area (Å²) in [5.74, 6) is -0.847. The molecule has 0 saturated carbocycles. The van der Waals surface area contributed by atoms with E-state index in [2.05, 4.69) is 31.6 Å². The van der Waals surface area contributed by atoms with Gasteiger partial charge in [-0.1, -0.05) is 0 Å². The molecule has 0 aliphatic carbocycles. The summed E-state index contributed by atoms with van der Waals surface area (Å²) in [6.07, 6.45) is 1.79. The standard InChI is InChI=1S/C24H26FN5O2S/c1-14(11-19(23(25)26-4)22(31)24-29-15(2)16(3)33-24)21-18-6-5-17(12-20(18)27-13-28-21)30-7-9-32-10-8-30/h5-6,11-13,22,31H,4,7-10H2,1-3H3/b14-11+,23-19+. The van der Waals surface area contributed by atoms with E-state index in [1.807, 2.05) is 39.0 Å². The summed E-state index contributed by atoms with van der Waals surface area (Å²) in [5.41, 5.74) is 3.98. The Hall–Kier alpha value is -3.01. The molecule has 1 atom stereocenters. The summed E-state index contributed by atoms with van der Waals surface area (Å²) in [4.78, 5) is 19.9. The first-order valence-corrected chi connectivity index (χ1v) is 11.4. The fourth-order valence-corrected chi connectivity index (χ4v) is 4.70. The van der Waals surface area contributed by atoms with Crippen LogP contribution in [0.15, 0.2) is 47.1 Å². The van der Waals surface area contributed by atoms with E-state index in [0.717, 1.165) is 40.3 Å². The molecule has 7 nitrogen and oxygen atoms in total. The average Bonchev–Trinajstić information content (AvgIpc) is 3.19. The molecule has 1 saturated heterocycles. The minimum absolute atomic E-state index is 0.00653. The first kappa shape index (κ1) is 23.2. The quantitative estimate of drug-likeness (QED) is 0.325. The van der Waals surface area contributed by atoms with Crippen LogP contribution in [0.5, 0.6) is 0 Å². The lowest BCUT2D eigenvalue weighted by Crippen LogP contribution is -2.36. The van der Waals surface area contributed by atoms with Gasteiger partial charge in [-0.25, -0.2) is 19.9 Å². The van der Waals surface area contributed by atoms with Crippen molar-refractivity contribution >= 4 is 40.2 Å². The number of aromatic nitrogens is 3. The number of benzene rings is 1. The summed E-state index contributed by atoms with van der Waals surface area (Å²) in [7, 11) is 0. The molecule has 1 unspecified atom stereocenters. The lowest BCUT2D eigenvalue weighted by Gasteiger charge is -2.29. The molecule has 1 aliphatic heterocycles. The number of fused-ring (bicyclic) bond motifs is 1. The van der Waals surface area contributed by atoms with Gasteiger partial charge < -0.3 is 14.7 Å². The van der Waals surface area contributed by atoms with E-state index < -0.39 is 12.1 Å². The highest BCUT2D eigenvalue weighted by molar-refractivity contribution is 7.11. The molecule has 3 heterocycles. The van der Waals surface area contributed by atoms with Crippen molar-refractivity contribution < 1.29 is 14.2 Å². The van der Waals surface area contributed by atoms with E-state index in [1.54, 1.807) is 6.08 Å². The van der Waals surface area contributed by atoms with Gasteiger partial charge in [0.25, 0.3) is 0 Å². The number of morpholine rings is 1. The Morgan fingerprint density at radius 2 is 2.06 bits per heavy atom. The molecular formula is C24H26FN5O2S. The van der Waals surface area contributed by atoms with Crippen LogP contribution in [0.4, 0.5) is 10.1 Å². The number of rotatable bonds is 6. The molecule has 2 aromatic heterocycles. The third-order valence-corrected chi connectivity index (χ3v) is 6.82. The van der Waals surface area contributed by atoms with Gasteiger partial charge in [-0.15, -0.1) is 11.3 Å². The van der Waals surface area contributed by atoms with Crippen molar-refractivity contribution in [3.8, 4) is 0 Å². The molecule has 0 radical (unpaired) electrons. The Morgan fingerprint density at radius 3 is 2.73 bits per heavy atom. The highest BCUT2D eigenvalue weighted by atomic mass is 32.1. The summed E-state index contributed by atoms with van der Waals surface area (Å²) in [5, 5.41) is 12.1. The molecule has 0 spiro atoms. The minimum Gasteiger partial charge on any atom is -0.381 e. The van der Waals surface area contributed by atoms with E-state index in [-0.39, 0.29) is 5.57 Å². The maximum Gasteiger partial charge on any atom is 0.218 e. The van der Waals surface area contributed by atoms with Crippen LogP contribution in [0, 0.1) is 13.8 Å². The first-order valence-electron chi connectivity index (χ1n) is 10.6. The fraction of sp³-hybridized carbons (Fsp3) is 0.333. The number of allylic oxidation sites excluding steroid dienone is 1. The number of hydrogen-bond donors (Lipinski definition) is 1. The average molecular weight is 468 g/mol. The molecule has 1 fully saturated rings. The lowest BCUT2D eigenvalue weighted by molar-refractivity contribution is 0.122. The maximum absolute atomic E-state index is 14.7. The molecule has 9 heteroatoms. The van der Waals surface area contributed by atoms with Crippen molar-refractivity contribution in [3.63, 3.8) is 0 Å². The van der Waals surface area contributed by atoms with Gasteiger partial charge in [0.15, 0.2) is 0 Å².